The van der Waals surface area contributed by atoms with Gasteiger partial charge in [-0.25, -0.2) is 13.4 Å². The third-order valence-electron chi connectivity index (χ3n) is 4.92. The fraction of sp³-hybridized carbons (Fsp3) is 0.353. The van der Waals surface area contributed by atoms with Crippen LogP contribution in [-0.4, -0.2) is 32.6 Å². The zero-order valence-electron chi connectivity index (χ0n) is 12.8. The summed E-state index contributed by atoms with van der Waals surface area (Å²) in [5, 5.41) is 3.39. The molecule has 2 atom stereocenters. The number of rotatable bonds is 2. The van der Waals surface area contributed by atoms with Crippen molar-refractivity contribution in [1.82, 2.24) is 10.3 Å². The van der Waals surface area contributed by atoms with Crippen LogP contribution in [0.4, 0.5) is 0 Å². The van der Waals surface area contributed by atoms with E-state index in [4.69, 9.17) is 4.74 Å². The lowest BCUT2D eigenvalue weighted by Crippen LogP contribution is -2.49. The van der Waals surface area contributed by atoms with Crippen molar-refractivity contribution in [1.29, 1.82) is 0 Å². The molecule has 4 rings (SSSR count). The first kappa shape index (κ1) is 14.7. The number of hydrogen-bond donors (Lipinski definition) is 1. The number of ether oxygens (including phenoxy) is 1. The molecule has 0 saturated carbocycles. The molecule has 0 radical (unpaired) electrons. The number of nitrogens with one attached hydrogen (secondary N) is 1. The Labute approximate surface area is 135 Å². The van der Waals surface area contributed by atoms with Crippen LogP contribution < -0.4 is 10.1 Å². The lowest BCUT2D eigenvalue weighted by molar-refractivity contribution is 0.123. The monoisotopic (exact) mass is 330 g/mol. The van der Waals surface area contributed by atoms with Crippen molar-refractivity contribution in [2.24, 2.45) is 0 Å². The number of hydrogen-bond acceptors (Lipinski definition) is 5. The number of aromatic nitrogens is 1. The molecular weight excluding hydrogens is 312 g/mol. The molecule has 2 aromatic rings. The van der Waals surface area contributed by atoms with Gasteiger partial charge in [0, 0.05) is 23.7 Å². The molecule has 1 aromatic heterocycles. The van der Waals surface area contributed by atoms with Crippen molar-refractivity contribution in [3.8, 4) is 5.75 Å². The van der Waals surface area contributed by atoms with Gasteiger partial charge in [-0.2, -0.15) is 0 Å². The summed E-state index contributed by atoms with van der Waals surface area (Å²) in [4.78, 5) is 4.19. The normalized spacial score (nSPS) is 26.2. The molecule has 1 aromatic carbocycles. The molecular formula is C17H18N2O3S. The maximum absolute atomic E-state index is 12.7. The Morgan fingerprint density at radius 1 is 1.30 bits per heavy atom. The van der Waals surface area contributed by atoms with Crippen LogP contribution in [0, 0.1) is 0 Å². The van der Waals surface area contributed by atoms with E-state index in [1.165, 1.54) is 12.3 Å². The average molecular weight is 330 g/mol. The fourth-order valence-electron chi connectivity index (χ4n) is 3.47. The van der Waals surface area contributed by atoms with Gasteiger partial charge in [-0.1, -0.05) is 19.1 Å². The van der Waals surface area contributed by atoms with Crippen LogP contribution in [0.1, 0.15) is 18.9 Å². The molecule has 0 spiro atoms. The predicted molar refractivity (Wildman–Crippen MR) is 85.4 cm³/mol. The minimum absolute atomic E-state index is 0.0477. The maximum Gasteiger partial charge on any atom is 0.223 e. The molecule has 1 N–H and O–H groups in total. The van der Waals surface area contributed by atoms with Gasteiger partial charge in [0.05, 0.1) is 4.90 Å². The smallest absolute Gasteiger partial charge is 0.223 e. The first-order valence-electron chi connectivity index (χ1n) is 7.70. The number of nitrogens with zero attached hydrogens (tertiary/aromatic N) is 1. The van der Waals surface area contributed by atoms with Crippen LogP contribution in [0.2, 0.25) is 0 Å². The third kappa shape index (κ3) is 2.16. The third-order valence-corrected chi connectivity index (χ3v) is 6.59. The number of sulfone groups is 1. The minimum Gasteiger partial charge on any atom is -0.488 e. The Morgan fingerprint density at radius 3 is 2.96 bits per heavy atom. The SMILES string of the molecule is CC12CCNCC1Oc1cc(S(=O)(=O)c3ccccn3)ccc12. The lowest BCUT2D eigenvalue weighted by Gasteiger charge is -2.35. The van der Waals surface area contributed by atoms with E-state index < -0.39 is 9.84 Å². The summed E-state index contributed by atoms with van der Waals surface area (Å²) in [7, 11) is -3.62. The van der Waals surface area contributed by atoms with E-state index in [2.05, 4.69) is 17.2 Å². The lowest BCUT2D eigenvalue weighted by atomic mass is 9.74. The second-order valence-electron chi connectivity index (χ2n) is 6.31. The molecule has 1 fully saturated rings. The summed E-state index contributed by atoms with van der Waals surface area (Å²) in [5.41, 5.74) is 1.05. The molecule has 0 aliphatic carbocycles. The van der Waals surface area contributed by atoms with E-state index in [1.807, 2.05) is 6.07 Å². The van der Waals surface area contributed by atoms with Gasteiger partial charge in [-0.3, -0.25) is 0 Å². The minimum atomic E-state index is -3.62. The van der Waals surface area contributed by atoms with Crippen molar-refractivity contribution in [3.05, 3.63) is 48.2 Å². The van der Waals surface area contributed by atoms with Gasteiger partial charge in [0.2, 0.25) is 9.84 Å². The van der Waals surface area contributed by atoms with Gasteiger partial charge >= 0.3 is 0 Å². The van der Waals surface area contributed by atoms with Crippen molar-refractivity contribution >= 4 is 9.84 Å². The number of piperidine rings is 1. The van der Waals surface area contributed by atoms with Crippen LogP contribution in [0.25, 0.3) is 0 Å². The zero-order chi connectivity index (χ0) is 16.1. The van der Waals surface area contributed by atoms with Gasteiger partial charge < -0.3 is 10.1 Å². The van der Waals surface area contributed by atoms with Gasteiger partial charge in [0.25, 0.3) is 0 Å². The van der Waals surface area contributed by atoms with Crippen molar-refractivity contribution in [2.45, 2.75) is 34.8 Å². The van der Waals surface area contributed by atoms with Crippen molar-refractivity contribution < 1.29 is 13.2 Å². The Morgan fingerprint density at radius 2 is 2.17 bits per heavy atom. The van der Waals surface area contributed by atoms with Gasteiger partial charge in [-0.05, 0) is 37.2 Å². The highest BCUT2D eigenvalue weighted by Gasteiger charge is 2.46. The summed E-state index contributed by atoms with van der Waals surface area (Å²) in [6.07, 6.45) is 2.52. The van der Waals surface area contributed by atoms with E-state index in [9.17, 15) is 8.42 Å². The van der Waals surface area contributed by atoms with Crippen LogP contribution in [0.15, 0.2) is 52.5 Å². The van der Waals surface area contributed by atoms with Crippen LogP contribution >= 0.6 is 0 Å². The number of fused-ring (bicyclic) bond motifs is 3. The Balaban J connectivity index is 1.78. The summed E-state index contributed by atoms with van der Waals surface area (Å²) in [6, 6.07) is 10.1. The fourth-order valence-corrected chi connectivity index (χ4v) is 4.67. The molecule has 6 heteroatoms. The first-order chi connectivity index (χ1) is 11.0. The molecule has 2 aliphatic heterocycles. The van der Waals surface area contributed by atoms with Crippen LogP contribution in [-0.2, 0) is 15.3 Å². The largest absolute Gasteiger partial charge is 0.488 e. The molecule has 120 valence electrons. The predicted octanol–water partition coefficient (Wildman–Crippen LogP) is 1.93. The molecule has 0 amide bonds. The molecule has 2 aliphatic rings. The van der Waals surface area contributed by atoms with Gasteiger partial charge in [0.1, 0.15) is 11.9 Å². The molecule has 5 nitrogen and oxygen atoms in total. The van der Waals surface area contributed by atoms with Gasteiger partial charge in [-0.15, -0.1) is 0 Å². The summed E-state index contributed by atoms with van der Waals surface area (Å²) in [5.74, 6) is 0.679. The quantitative estimate of drug-likeness (QED) is 0.911. The highest BCUT2D eigenvalue weighted by Crippen LogP contribution is 2.47. The highest BCUT2D eigenvalue weighted by atomic mass is 32.2. The molecule has 23 heavy (non-hydrogen) atoms. The first-order valence-corrected chi connectivity index (χ1v) is 9.18. The zero-order valence-corrected chi connectivity index (χ0v) is 13.6. The second-order valence-corrected chi connectivity index (χ2v) is 8.20. The Bertz CT molecular complexity index is 851. The molecule has 3 heterocycles. The topological polar surface area (TPSA) is 68.3 Å². The van der Waals surface area contributed by atoms with E-state index in [0.717, 1.165) is 25.1 Å². The molecule has 0 bridgehead atoms. The van der Waals surface area contributed by atoms with Crippen LogP contribution in [0.5, 0.6) is 5.75 Å². The van der Waals surface area contributed by atoms with Crippen molar-refractivity contribution in [3.63, 3.8) is 0 Å². The molecule has 2 unspecified atom stereocenters. The standard InChI is InChI=1S/C17H18N2O3S/c1-17-7-9-18-11-15(17)22-14-10-12(5-6-13(14)17)23(20,21)16-4-2-3-8-19-16/h2-6,8,10,15,18H,7,9,11H2,1H3. The summed E-state index contributed by atoms with van der Waals surface area (Å²) < 4.78 is 31.4. The van der Waals surface area contributed by atoms with E-state index in [-0.39, 0.29) is 21.4 Å². The molecule has 1 saturated heterocycles. The maximum atomic E-state index is 12.7. The Kier molecular flexibility index (Phi) is 3.21. The number of benzene rings is 1. The van der Waals surface area contributed by atoms with Crippen molar-refractivity contribution in [2.75, 3.05) is 13.1 Å². The second kappa shape index (κ2) is 5.04. The van der Waals surface area contributed by atoms with E-state index in [0.29, 0.717) is 5.75 Å². The van der Waals surface area contributed by atoms with E-state index in [1.54, 1.807) is 24.3 Å². The summed E-state index contributed by atoms with van der Waals surface area (Å²) >= 11 is 0. The van der Waals surface area contributed by atoms with Crippen LogP contribution in [0.3, 0.4) is 0 Å². The summed E-state index contributed by atoms with van der Waals surface area (Å²) in [6.45, 7) is 3.93. The van der Waals surface area contributed by atoms with E-state index >= 15 is 0 Å². The van der Waals surface area contributed by atoms with Gasteiger partial charge in [0.15, 0.2) is 5.03 Å². The highest BCUT2D eigenvalue weighted by molar-refractivity contribution is 7.91. The average Bonchev–Trinajstić information content (AvgIpc) is 2.87. The Hall–Kier alpha value is -1.92. The number of pyridine rings is 1.